The van der Waals surface area contributed by atoms with Gasteiger partial charge in [-0.05, 0) is 59.7 Å². The number of aromatic amines is 1. The van der Waals surface area contributed by atoms with Crippen molar-refractivity contribution in [1.29, 1.82) is 0 Å². The summed E-state index contributed by atoms with van der Waals surface area (Å²) < 4.78 is 61.9. The van der Waals surface area contributed by atoms with Crippen molar-refractivity contribution in [1.82, 2.24) is 20.1 Å². The molecule has 2 aromatic heterocycles. The number of carbonyl (C=O) groups is 1. The number of unbranched alkanes of at least 4 members (excludes halogenated alkanes) is 3. The maximum atomic E-state index is 14.4. The number of hydrogen-bond acceptors (Lipinski definition) is 4. The van der Waals surface area contributed by atoms with Crippen molar-refractivity contribution in [3.63, 3.8) is 0 Å². The van der Waals surface area contributed by atoms with Crippen LogP contribution < -0.4 is 4.74 Å². The molecule has 0 saturated carbocycles. The predicted octanol–water partition coefficient (Wildman–Crippen LogP) is 8.21. The molecule has 0 unspecified atom stereocenters. The van der Waals surface area contributed by atoms with Gasteiger partial charge in [0.1, 0.15) is 0 Å². The van der Waals surface area contributed by atoms with Gasteiger partial charge in [0.05, 0.1) is 23.9 Å². The highest BCUT2D eigenvalue weighted by molar-refractivity contribution is 6.00. The summed E-state index contributed by atoms with van der Waals surface area (Å²) in [5.74, 6) is -0.144. The quantitative estimate of drug-likeness (QED) is 0.0905. The van der Waals surface area contributed by atoms with E-state index in [1.165, 1.54) is 12.3 Å². The van der Waals surface area contributed by atoms with Crippen LogP contribution in [0, 0.1) is 5.95 Å². The van der Waals surface area contributed by atoms with E-state index in [2.05, 4.69) is 15.2 Å². The number of alkyl halides is 3. The first-order chi connectivity index (χ1) is 20.7. The van der Waals surface area contributed by atoms with Gasteiger partial charge in [-0.1, -0.05) is 56.2 Å². The average molecular weight is 597 g/mol. The van der Waals surface area contributed by atoms with Crippen LogP contribution in [0.1, 0.15) is 68.6 Å². The third-order valence-electron chi connectivity index (χ3n) is 7.14. The molecule has 0 saturated heterocycles. The molecule has 10 heteroatoms. The molecule has 4 aromatic rings. The summed E-state index contributed by atoms with van der Waals surface area (Å²) >= 11 is 0. The average Bonchev–Trinajstić information content (AvgIpc) is 3.36. The Morgan fingerprint density at radius 2 is 1.70 bits per heavy atom. The fraction of sp³-hybridized carbons (Fsp3) is 0.364. The van der Waals surface area contributed by atoms with Gasteiger partial charge >= 0.3 is 6.18 Å². The normalized spacial score (nSPS) is 12.3. The summed E-state index contributed by atoms with van der Waals surface area (Å²) in [7, 11) is 1.83. The number of carbonyl (C=O) groups excluding carboxylic acids is 1. The van der Waals surface area contributed by atoms with Crippen LogP contribution in [0.15, 0.2) is 66.9 Å². The summed E-state index contributed by atoms with van der Waals surface area (Å²) in [6.45, 7) is 3.24. The number of amides is 1. The van der Waals surface area contributed by atoms with E-state index in [-0.39, 0.29) is 16.9 Å². The van der Waals surface area contributed by atoms with Crippen molar-refractivity contribution in [2.24, 2.45) is 0 Å². The Labute approximate surface area is 248 Å². The van der Waals surface area contributed by atoms with E-state index in [9.17, 15) is 22.4 Å². The van der Waals surface area contributed by atoms with Crippen LogP contribution >= 0.6 is 0 Å². The highest BCUT2D eigenvalue weighted by atomic mass is 19.4. The molecule has 0 aliphatic carbocycles. The van der Waals surface area contributed by atoms with Gasteiger partial charge in [-0.15, -0.1) is 0 Å². The zero-order valence-corrected chi connectivity index (χ0v) is 24.4. The highest BCUT2D eigenvalue weighted by Crippen LogP contribution is 2.40. The molecule has 0 fully saturated rings. The standard InChI is InChI=1S/C33H36F4N4O2/c1-3-18-41(2)30(42)13-9-4-5-10-19-43-29-17-15-25(22-38-29)31(24-14-16-28-26(20-24)32(34)40-39-28)27(21-33(35,36)37)23-11-7-6-8-12-23/h6-8,11-12,14-17,20,22H,3-5,9-10,13,18-19,21H2,1-2H3,(H,39,40)/b31-27-. The number of aromatic nitrogens is 3. The summed E-state index contributed by atoms with van der Waals surface area (Å²) in [6, 6.07) is 16.4. The van der Waals surface area contributed by atoms with E-state index in [4.69, 9.17) is 4.74 Å². The minimum absolute atomic E-state index is 0.0474. The summed E-state index contributed by atoms with van der Waals surface area (Å²) in [6.07, 6.45) is 0.717. The number of pyridine rings is 1. The number of H-pyrrole nitrogens is 1. The number of benzene rings is 2. The second kappa shape index (κ2) is 14.8. The smallest absolute Gasteiger partial charge is 0.393 e. The topological polar surface area (TPSA) is 71.1 Å². The fourth-order valence-corrected chi connectivity index (χ4v) is 5.00. The van der Waals surface area contributed by atoms with Crippen molar-refractivity contribution in [2.75, 3.05) is 20.2 Å². The number of ether oxygens (including phenoxy) is 1. The molecule has 0 atom stereocenters. The van der Waals surface area contributed by atoms with Crippen LogP contribution in [0.3, 0.4) is 0 Å². The molecule has 43 heavy (non-hydrogen) atoms. The van der Waals surface area contributed by atoms with Gasteiger partial charge in [-0.25, -0.2) is 4.98 Å². The number of allylic oxidation sites excluding steroid dienone is 1. The molecule has 6 nitrogen and oxygen atoms in total. The SMILES string of the molecule is CCCN(C)C(=O)CCCCCCOc1ccc(/C(=C(/CC(F)(F)F)c2ccccc2)c2ccc3n[nH]c(F)c3c2)cn1. The van der Waals surface area contributed by atoms with Crippen molar-refractivity contribution >= 4 is 28.0 Å². The molecule has 2 aromatic carbocycles. The van der Waals surface area contributed by atoms with Crippen LogP contribution in [0.5, 0.6) is 5.88 Å². The Balaban J connectivity index is 1.52. The fourth-order valence-electron chi connectivity index (χ4n) is 5.00. The van der Waals surface area contributed by atoms with E-state index < -0.39 is 18.5 Å². The highest BCUT2D eigenvalue weighted by Gasteiger charge is 2.31. The lowest BCUT2D eigenvalue weighted by molar-refractivity contribution is -0.130. The third-order valence-corrected chi connectivity index (χ3v) is 7.14. The minimum atomic E-state index is -4.49. The van der Waals surface area contributed by atoms with E-state index in [0.717, 1.165) is 38.6 Å². The first kappa shape index (κ1) is 31.7. The zero-order chi connectivity index (χ0) is 30.8. The van der Waals surface area contributed by atoms with Gasteiger partial charge in [-0.2, -0.15) is 22.7 Å². The van der Waals surface area contributed by atoms with Crippen LogP contribution in [0.4, 0.5) is 17.6 Å². The Morgan fingerprint density at radius 3 is 2.40 bits per heavy atom. The van der Waals surface area contributed by atoms with Crippen molar-refractivity contribution in [3.05, 3.63) is 89.5 Å². The molecule has 1 N–H and O–H groups in total. The lowest BCUT2D eigenvalue weighted by Gasteiger charge is -2.19. The lowest BCUT2D eigenvalue weighted by Crippen LogP contribution is -2.26. The maximum absolute atomic E-state index is 14.4. The Bertz CT molecular complexity index is 1520. The molecular weight excluding hydrogens is 560 g/mol. The second-order valence-corrected chi connectivity index (χ2v) is 10.5. The predicted molar refractivity (Wildman–Crippen MR) is 160 cm³/mol. The molecule has 0 aliphatic heterocycles. The van der Waals surface area contributed by atoms with Gasteiger partial charge in [0.15, 0.2) is 0 Å². The molecule has 0 bridgehead atoms. The van der Waals surface area contributed by atoms with Crippen LogP contribution in [0.25, 0.3) is 22.0 Å². The molecule has 0 aliphatic rings. The van der Waals surface area contributed by atoms with Gasteiger partial charge < -0.3 is 9.64 Å². The molecule has 1 amide bonds. The number of nitrogens with zero attached hydrogens (tertiary/aromatic N) is 3. The van der Waals surface area contributed by atoms with E-state index in [0.29, 0.717) is 46.7 Å². The van der Waals surface area contributed by atoms with Gasteiger partial charge in [-0.3, -0.25) is 9.89 Å². The molecule has 0 spiro atoms. The number of nitrogens with one attached hydrogen (secondary N) is 1. The molecular formula is C33H36F4N4O2. The number of fused-ring (bicyclic) bond motifs is 1. The molecule has 0 radical (unpaired) electrons. The number of hydrogen-bond donors (Lipinski definition) is 1. The largest absolute Gasteiger partial charge is 0.478 e. The summed E-state index contributed by atoms with van der Waals surface area (Å²) in [5.41, 5.74) is 1.97. The Hall–Kier alpha value is -4.21. The van der Waals surface area contributed by atoms with E-state index >= 15 is 0 Å². The van der Waals surface area contributed by atoms with Gasteiger partial charge in [0.2, 0.25) is 17.7 Å². The maximum Gasteiger partial charge on any atom is 0.393 e. The molecule has 2 heterocycles. The van der Waals surface area contributed by atoms with Crippen LogP contribution in [-0.2, 0) is 4.79 Å². The number of rotatable bonds is 14. The summed E-state index contributed by atoms with van der Waals surface area (Å²) in [4.78, 5) is 18.2. The second-order valence-electron chi connectivity index (χ2n) is 10.5. The monoisotopic (exact) mass is 596 g/mol. The van der Waals surface area contributed by atoms with Crippen molar-refractivity contribution < 1.29 is 27.1 Å². The summed E-state index contributed by atoms with van der Waals surface area (Å²) in [5, 5.41) is 6.36. The van der Waals surface area contributed by atoms with Gasteiger partial charge in [0, 0.05) is 37.8 Å². The van der Waals surface area contributed by atoms with E-state index in [1.807, 2.05) is 14.0 Å². The Morgan fingerprint density at radius 1 is 0.953 bits per heavy atom. The van der Waals surface area contributed by atoms with Crippen molar-refractivity contribution in [2.45, 2.75) is 58.0 Å². The number of halogens is 4. The van der Waals surface area contributed by atoms with Gasteiger partial charge in [0.25, 0.3) is 0 Å². The Kier molecular flexibility index (Phi) is 10.9. The lowest BCUT2D eigenvalue weighted by atomic mass is 9.88. The van der Waals surface area contributed by atoms with Crippen LogP contribution in [0.2, 0.25) is 0 Å². The first-order valence-corrected chi connectivity index (χ1v) is 14.5. The first-order valence-electron chi connectivity index (χ1n) is 14.5. The van der Waals surface area contributed by atoms with E-state index in [1.54, 1.807) is 59.5 Å². The molecule has 4 rings (SSSR count). The van der Waals surface area contributed by atoms with Crippen LogP contribution in [-0.4, -0.2) is 52.4 Å². The minimum Gasteiger partial charge on any atom is -0.478 e. The zero-order valence-electron chi connectivity index (χ0n) is 24.4. The van der Waals surface area contributed by atoms with Crippen molar-refractivity contribution in [3.8, 4) is 5.88 Å². The third kappa shape index (κ3) is 8.89. The molecule has 228 valence electrons.